The van der Waals surface area contributed by atoms with Crippen LogP contribution < -0.4 is 21.8 Å². The van der Waals surface area contributed by atoms with Crippen LogP contribution in [0.15, 0.2) is 26.9 Å². The highest BCUT2D eigenvalue weighted by molar-refractivity contribution is 5.71. The molecule has 0 amide bonds. The molecule has 0 saturated heterocycles. The van der Waals surface area contributed by atoms with Crippen molar-refractivity contribution in [1.82, 2.24) is 24.9 Å². The molecule has 0 bridgehead atoms. The second-order valence-electron chi connectivity index (χ2n) is 3.56. The molecule has 0 aliphatic heterocycles. The number of imidazole rings is 1. The second kappa shape index (κ2) is 3.52. The summed E-state index contributed by atoms with van der Waals surface area (Å²) in [5.41, 5.74) is -0.877. The van der Waals surface area contributed by atoms with Gasteiger partial charge in [-0.15, -0.1) is 0 Å². The lowest BCUT2D eigenvalue weighted by Crippen LogP contribution is -2.22. The molecule has 18 heavy (non-hydrogen) atoms. The van der Waals surface area contributed by atoms with Gasteiger partial charge in [-0.1, -0.05) is 4.98 Å². The Morgan fingerprint density at radius 2 is 1.89 bits per heavy atom. The van der Waals surface area contributed by atoms with Gasteiger partial charge in [0.25, 0.3) is 11.2 Å². The van der Waals surface area contributed by atoms with Gasteiger partial charge in [0.2, 0.25) is 11.3 Å². The predicted octanol–water partition coefficient (Wildman–Crippen LogP) is -1.89. The van der Waals surface area contributed by atoms with Crippen LogP contribution >= 0.6 is 0 Å². The molecule has 0 atom stereocenters. The van der Waals surface area contributed by atoms with Gasteiger partial charge in [0.15, 0.2) is 6.33 Å². The molecular weight excluding hydrogens is 240 g/mol. The van der Waals surface area contributed by atoms with Gasteiger partial charge in [0.05, 0.1) is 0 Å². The van der Waals surface area contributed by atoms with Crippen LogP contribution in [-0.2, 0) is 0 Å². The van der Waals surface area contributed by atoms with Crippen LogP contribution in [0.5, 0.6) is 0 Å². The highest BCUT2D eigenvalue weighted by Gasteiger charge is 2.16. The molecule has 0 saturated carbocycles. The SMILES string of the molecule is O=c1[nH]cc(-c2nc3[nH+]c[nH]c(=O)c3[nH]2)c(=O)[nH]1. The van der Waals surface area contributed by atoms with Crippen LogP contribution in [0, 0.1) is 0 Å². The van der Waals surface area contributed by atoms with E-state index < -0.39 is 11.2 Å². The van der Waals surface area contributed by atoms with E-state index in [4.69, 9.17) is 0 Å². The Morgan fingerprint density at radius 1 is 1.06 bits per heavy atom. The molecule has 3 aromatic heterocycles. The molecule has 0 aliphatic carbocycles. The summed E-state index contributed by atoms with van der Waals surface area (Å²) in [7, 11) is 0. The zero-order valence-electron chi connectivity index (χ0n) is 8.83. The molecule has 5 N–H and O–H groups in total. The Balaban J connectivity index is 2.32. The Labute approximate surface area is 97.0 Å². The first-order valence-corrected chi connectivity index (χ1v) is 4.96. The Kier molecular flexibility index (Phi) is 1.99. The summed E-state index contributed by atoms with van der Waals surface area (Å²) in [4.78, 5) is 50.3. The molecule has 90 valence electrons. The first kappa shape index (κ1) is 10.2. The fourth-order valence-corrected chi connectivity index (χ4v) is 1.60. The molecule has 0 radical (unpaired) electrons. The molecule has 0 fully saturated rings. The third-order valence-electron chi connectivity index (χ3n) is 2.42. The quantitative estimate of drug-likeness (QED) is 0.398. The highest BCUT2D eigenvalue weighted by Crippen LogP contribution is 2.10. The summed E-state index contributed by atoms with van der Waals surface area (Å²) in [6, 6.07) is 0. The summed E-state index contributed by atoms with van der Waals surface area (Å²) in [6.45, 7) is 0. The maximum absolute atomic E-state index is 11.6. The van der Waals surface area contributed by atoms with Gasteiger partial charge < -0.3 is 9.97 Å². The van der Waals surface area contributed by atoms with Gasteiger partial charge in [-0.25, -0.2) is 19.6 Å². The number of hydrogen-bond donors (Lipinski definition) is 4. The fraction of sp³-hybridized carbons (Fsp3) is 0. The number of aromatic nitrogens is 6. The minimum absolute atomic E-state index is 0.138. The number of fused-ring (bicyclic) bond motifs is 1. The van der Waals surface area contributed by atoms with Crippen molar-refractivity contribution in [2.45, 2.75) is 0 Å². The fourth-order valence-electron chi connectivity index (χ4n) is 1.60. The van der Waals surface area contributed by atoms with Crippen LogP contribution in [0.1, 0.15) is 0 Å². The largest absolute Gasteiger partial charge is 0.334 e. The molecule has 0 aliphatic rings. The zero-order chi connectivity index (χ0) is 12.7. The average Bonchev–Trinajstić information content (AvgIpc) is 2.74. The third-order valence-corrected chi connectivity index (χ3v) is 2.42. The highest BCUT2D eigenvalue weighted by atomic mass is 16.2. The average molecular weight is 247 g/mol. The van der Waals surface area contributed by atoms with E-state index in [1.54, 1.807) is 0 Å². The maximum Gasteiger partial charge on any atom is 0.334 e. The smallest absolute Gasteiger partial charge is 0.314 e. The lowest BCUT2D eigenvalue weighted by Gasteiger charge is -1.89. The molecule has 3 aromatic rings. The van der Waals surface area contributed by atoms with Crippen LogP contribution in [0.2, 0.25) is 0 Å². The third kappa shape index (κ3) is 1.45. The van der Waals surface area contributed by atoms with E-state index in [0.717, 1.165) is 0 Å². The van der Waals surface area contributed by atoms with Gasteiger partial charge in [-0.05, 0) is 0 Å². The van der Waals surface area contributed by atoms with Crippen molar-refractivity contribution >= 4 is 11.2 Å². The van der Waals surface area contributed by atoms with E-state index in [0.29, 0.717) is 5.65 Å². The molecular formula is C9H7N6O3+. The van der Waals surface area contributed by atoms with E-state index in [1.165, 1.54) is 12.5 Å². The van der Waals surface area contributed by atoms with E-state index in [-0.39, 0.29) is 22.5 Å². The standard InChI is InChI=1S/C9H6N6O3/c16-7-3(1-10-9(18)15-7)5-13-4-6(14-5)11-2-12-8(4)17/h1-2H,(H2,10,15,16,18)(H2,11,12,13,14,17)/p+1. The zero-order valence-corrected chi connectivity index (χ0v) is 8.83. The summed E-state index contributed by atoms with van der Waals surface area (Å²) in [5, 5.41) is 0. The van der Waals surface area contributed by atoms with Crippen molar-refractivity contribution < 1.29 is 4.98 Å². The molecule has 0 unspecified atom stereocenters. The van der Waals surface area contributed by atoms with Crippen LogP contribution in [0.25, 0.3) is 22.6 Å². The Morgan fingerprint density at radius 3 is 2.61 bits per heavy atom. The van der Waals surface area contributed by atoms with E-state index >= 15 is 0 Å². The van der Waals surface area contributed by atoms with Gasteiger partial charge in [-0.2, -0.15) is 0 Å². The minimum Gasteiger partial charge on any atom is -0.314 e. The van der Waals surface area contributed by atoms with E-state index in [2.05, 4.69) is 29.9 Å². The number of aromatic amines is 5. The normalized spacial score (nSPS) is 10.9. The number of hydrogen-bond acceptors (Lipinski definition) is 4. The summed E-state index contributed by atoms with van der Waals surface area (Å²) in [6.07, 6.45) is 2.57. The summed E-state index contributed by atoms with van der Waals surface area (Å²) >= 11 is 0. The second-order valence-corrected chi connectivity index (χ2v) is 3.56. The maximum atomic E-state index is 11.6. The van der Waals surface area contributed by atoms with Gasteiger partial charge in [-0.3, -0.25) is 9.78 Å². The number of H-pyrrole nitrogens is 5. The van der Waals surface area contributed by atoms with E-state index in [1.807, 2.05) is 0 Å². The molecule has 3 heterocycles. The molecule has 9 heteroatoms. The van der Waals surface area contributed by atoms with Crippen LogP contribution in [0.4, 0.5) is 0 Å². The first-order chi connectivity index (χ1) is 8.65. The topological polar surface area (TPSA) is 141 Å². The monoisotopic (exact) mass is 247 g/mol. The van der Waals surface area contributed by atoms with E-state index in [9.17, 15) is 14.4 Å². The van der Waals surface area contributed by atoms with Gasteiger partial charge in [0, 0.05) is 6.20 Å². The summed E-state index contributed by atoms with van der Waals surface area (Å²) < 4.78 is 0. The Bertz CT molecular complexity index is 899. The lowest BCUT2D eigenvalue weighted by atomic mass is 10.3. The summed E-state index contributed by atoms with van der Waals surface area (Å²) in [5.74, 6) is 0.190. The van der Waals surface area contributed by atoms with Crippen molar-refractivity contribution in [3.63, 3.8) is 0 Å². The molecule has 0 spiro atoms. The first-order valence-electron chi connectivity index (χ1n) is 4.96. The van der Waals surface area contributed by atoms with Crippen molar-refractivity contribution in [1.29, 1.82) is 0 Å². The molecule has 3 rings (SSSR count). The van der Waals surface area contributed by atoms with Crippen LogP contribution in [-0.4, -0.2) is 24.9 Å². The van der Waals surface area contributed by atoms with Crippen molar-refractivity contribution in [3.8, 4) is 11.4 Å². The number of rotatable bonds is 1. The predicted molar refractivity (Wildman–Crippen MR) is 59.9 cm³/mol. The molecule has 0 aromatic carbocycles. The molecule has 9 nitrogen and oxygen atoms in total. The van der Waals surface area contributed by atoms with Crippen molar-refractivity contribution in [2.75, 3.05) is 0 Å². The Hall–Kier alpha value is -2.97. The van der Waals surface area contributed by atoms with Crippen LogP contribution in [0.3, 0.4) is 0 Å². The van der Waals surface area contributed by atoms with Gasteiger partial charge >= 0.3 is 11.2 Å². The number of nitrogens with one attached hydrogen (secondary N) is 5. The van der Waals surface area contributed by atoms with Gasteiger partial charge in [0.1, 0.15) is 5.56 Å². The lowest BCUT2D eigenvalue weighted by molar-refractivity contribution is -0.352. The van der Waals surface area contributed by atoms with Crippen molar-refractivity contribution in [2.24, 2.45) is 0 Å². The minimum atomic E-state index is -0.607. The van der Waals surface area contributed by atoms with Crippen molar-refractivity contribution in [3.05, 3.63) is 43.7 Å². The number of nitrogens with zero attached hydrogens (tertiary/aromatic N) is 1.